The molecule has 1 fully saturated rings. The highest BCUT2D eigenvalue weighted by atomic mass is 32.1. The molecule has 4 heteroatoms. The van der Waals surface area contributed by atoms with Crippen LogP contribution in [0.2, 0.25) is 0 Å². The molecule has 0 aromatic heterocycles. The lowest BCUT2D eigenvalue weighted by atomic mass is 10.7. The van der Waals surface area contributed by atoms with Gasteiger partial charge in [0.15, 0.2) is 5.11 Å². The number of hydroxylamine groups is 1. The predicted octanol–water partition coefficient (Wildman–Crippen LogP) is 0.174. The topological polar surface area (TPSA) is 33.3 Å². The molecular weight excluding hydrogens is 136 g/mol. The number of rotatable bonds is 2. The van der Waals surface area contributed by atoms with Gasteiger partial charge in [-0.15, -0.1) is 0 Å². The second kappa shape index (κ2) is 2.98. The Labute approximate surface area is 59.7 Å². The van der Waals surface area contributed by atoms with Gasteiger partial charge in [0.1, 0.15) is 0 Å². The fraction of sp³-hybridized carbons (Fsp3) is 0.800. The van der Waals surface area contributed by atoms with Crippen LogP contribution >= 0.6 is 12.2 Å². The lowest BCUT2D eigenvalue weighted by Crippen LogP contribution is -2.35. The minimum atomic E-state index is 0.583. The van der Waals surface area contributed by atoms with Crippen LogP contribution in [0.3, 0.4) is 0 Å². The van der Waals surface area contributed by atoms with E-state index in [0.717, 1.165) is 0 Å². The molecule has 1 aliphatic carbocycles. The summed E-state index contributed by atoms with van der Waals surface area (Å²) in [6.07, 6.45) is 2.46. The summed E-state index contributed by atoms with van der Waals surface area (Å²) in [6.45, 7) is 0. The highest BCUT2D eigenvalue weighted by molar-refractivity contribution is 7.80. The van der Waals surface area contributed by atoms with E-state index in [4.69, 9.17) is 12.2 Å². The molecule has 3 nitrogen and oxygen atoms in total. The summed E-state index contributed by atoms with van der Waals surface area (Å²) >= 11 is 4.82. The van der Waals surface area contributed by atoms with E-state index < -0.39 is 0 Å². The van der Waals surface area contributed by atoms with Crippen molar-refractivity contribution in [3.05, 3.63) is 0 Å². The molecule has 52 valence electrons. The zero-order chi connectivity index (χ0) is 6.69. The van der Waals surface area contributed by atoms with Crippen LogP contribution in [0.15, 0.2) is 0 Å². The molecule has 0 bridgehead atoms. The average molecular weight is 146 g/mol. The Hall–Kier alpha value is -0.350. The second-order valence-corrected chi connectivity index (χ2v) is 2.46. The number of hydrogen-bond donors (Lipinski definition) is 2. The van der Waals surface area contributed by atoms with Gasteiger partial charge in [-0.1, -0.05) is 0 Å². The van der Waals surface area contributed by atoms with E-state index in [-0.39, 0.29) is 0 Å². The van der Waals surface area contributed by atoms with Crippen LogP contribution in [0.1, 0.15) is 12.8 Å². The fourth-order valence-corrected chi connectivity index (χ4v) is 0.785. The Morgan fingerprint density at radius 1 is 1.67 bits per heavy atom. The van der Waals surface area contributed by atoms with E-state index in [0.29, 0.717) is 11.2 Å². The first-order chi connectivity index (χ1) is 4.33. The first-order valence-electron chi connectivity index (χ1n) is 2.92. The van der Waals surface area contributed by atoms with Gasteiger partial charge in [-0.25, -0.2) is 5.48 Å². The summed E-state index contributed by atoms with van der Waals surface area (Å²) in [7, 11) is 1.54. The van der Waals surface area contributed by atoms with Crippen molar-refractivity contribution in [2.75, 3.05) is 7.11 Å². The Morgan fingerprint density at radius 2 is 2.33 bits per heavy atom. The maximum atomic E-state index is 4.82. The smallest absolute Gasteiger partial charge is 0.190 e. The van der Waals surface area contributed by atoms with Crippen LogP contribution in [0.4, 0.5) is 0 Å². The van der Waals surface area contributed by atoms with Crippen molar-refractivity contribution < 1.29 is 4.84 Å². The van der Waals surface area contributed by atoms with Crippen molar-refractivity contribution in [1.82, 2.24) is 10.8 Å². The second-order valence-electron chi connectivity index (χ2n) is 2.05. The fourth-order valence-electron chi connectivity index (χ4n) is 0.535. The summed E-state index contributed by atoms with van der Waals surface area (Å²) in [5.41, 5.74) is 2.54. The molecule has 9 heavy (non-hydrogen) atoms. The summed E-state index contributed by atoms with van der Waals surface area (Å²) < 4.78 is 0. The van der Waals surface area contributed by atoms with Gasteiger partial charge >= 0.3 is 0 Å². The quantitative estimate of drug-likeness (QED) is 0.430. The molecule has 1 saturated carbocycles. The number of hydrogen-bond acceptors (Lipinski definition) is 2. The molecule has 0 atom stereocenters. The standard InChI is InChI=1S/C5H10N2OS/c1-8-7-5(9)6-4-2-3-4/h4H,2-3H2,1H3,(H2,6,7,9). The van der Waals surface area contributed by atoms with Gasteiger partial charge in [0.2, 0.25) is 0 Å². The van der Waals surface area contributed by atoms with E-state index in [2.05, 4.69) is 15.6 Å². The molecule has 0 radical (unpaired) electrons. The summed E-state index contributed by atoms with van der Waals surface area (Å²) in [4.78, 5) is 4.58. The first-order valence-corrected chi connectivity index (χ1v) is 3.33. The first kappa shape index (κ1) is 6.77. The maximum absolute atomic E-state index is 4.82. The lowest BCUT2D eigenvalue weighted by molar-refractivity contribution is 0.143. The van der Waals surface area contributed by atoms with Crippen molar-refractivity contribution >= 4 is 17.3 Å². The van der Waals surface area contributed by atoms with Crippen LogP contribution in [-0.4, -0.2) is 18.3 Å². The van der Waals surface area contributed by atoms with Gasteiger partial charge in [-0.2, -0.15) is 0 Å². The molecular formula is C5H10N2OS. The SMILES string of the molecule is CONC(=S)NC1CC1. The largest absolute Gasteiger partial charge is 0.358 e. The van der Waals surface area contributed by atoms with E-state index in [1.165, 1.54) is 12.8 Å². The minimum absolute atomic E-state index is 0.583. The van der Waals surface area contributed by atoms with E-state index in [1.807, 2.05) is 0 Å². The molecule has 0 aromatic carbocycles. The molecule has 0 spiro atoms. The summed E-state index contributed by atoms with van der Waals surface area (Å²) in [5, 5.41) is 3.63. The number of nitrogens with one attached hydrogen (secondary N) is 2. The molecule has 0 amide bonds. The third-order valence-corrected chi connectivity index (χ3v) is 1.31. The van der Waals surface area contributed by atoms with Crippen molar-refractivity contribution in [2.24, 2.45) is 0 Å². The van der Waals surface area contributed by atoms with Crippen LogP contribution in [0.25, 0.3) is 0 Å². The van der Waals surface area contributed by atoms with Crippen molar-refractivity contribution in [1.29, 1.82) is 0 Å². The third-order valence-electron chi connectivity index (χ3n) is 1.11. The van der Waals surface area contributed by atoms with Gasteiger partial charge in [0.05, 0.1) is 7.11 Å². The lowest BCUT2D eigenvalue weighted by Gasteiger charge is -2.05. The van der Waals surface area contributed by atoms with E-state index >= 15 is 0 Å². The van der Waals surface area contributed by atoms with Crippen molar-refractivity contribution in [3.63, 3.8) is 0 Å². The third kappa shape index (κ3) is 2.62. The van der Waals surface area contributed by atoms with Crippen LogP contribution in [-0.2, 0) is 4.84 Å². The molecule has 0 aliphatic heterocycles. The van der Waals surface area contributed by atoms with E-state index in [9.17, 15) is 0 Å². The molecule has 0 aromatic rings. The van der Waals surface area contributed by atoms with Crippen LogP contribution in [0, 0.1) is 0 Å². The molecule has 0 heterocycles. The zero-order valence-electron chi connectivity index (χ0n) is 5.31. The average Bonchev–Trinajstić information content (AvgIpc) is 2.50. The Balaban J connectivity index is 2.02. The highest BCUT2D eigenvalue weighted by Crippen LogP contribution is 2.18. The monoisotopic (exact) mass is 146 g/mol. The highest BCUT2D eigenvalue weighted by Gasteiger charge is 2.21. The Bertz CT molecular complexity index is 114. The zero-order valence-corrected chi connectivity index (χ0v) is 6.12. The van der Waals surface area contributed by atoms with Gasteiger partial charge in [0.25, 0.3) is 0 Å². The van der Waals surface area contributed by atoms with Crippen LogP contribution in [0.5, 0.6) is 0 Å². The molecule has 0 saturated heterocycles. The Morgan fingerprint density at radius 3 is 2.78 bits per heavy atom. The van der Waals surface area contributed by atoms with Gasteiger partial charge in [-0.05, 0) is 25.1 Å². The van der Waals surface area contributed by atoms with E-state index in [1.54, 1.807) is 7.11 Å². The summed E-state index contributed by atoms with van der Waals surface area (Å²) in [5.74, 6) is 0. The van der Waals surface area contributed by atoms with Gasteiger partial charge in [0, 0.05) is 6.04 Å². The number of thiocarbonyl (C=S) groups is 1. The Kier molecular flexibility index (Phi) is 2.24. The summed E-state index contributed by atoms with van der Waals surface area (Å²) in [6, 6.07) is 0.597. The van der Waals surface area contributed by atoms with Crippen LogP contribution < -0.4 is 10.8 Å². The van der Waals surface area contributed by atoms with Gasteiger partial charge in [-0.3, -0.25) is 4.84 Å². The van der Waals surface area contributed by atoms with Crippen molar-refractivity contribution in [3.8, 4) is 0 Å². The molecule has 1 rings (SSSR count). The van der Waals surface area contributed by atoms with Crippen molar-refractivity contribution in [2.45, 2.75) is 18.9 Å². The predicted molar refractivity (Wildman–Crippen MR) is 38.9 cm³/mol. The minimum Gasteiger partial charge on any atom is -0.358 e. The molecule has 0 unspecified atom stereocenters. The normalized spacial score (nSPS) is 17.0. The molecule has 2 N–H and O–H groups in total. The maximum Gasteiger partial charge on any atom is 0.190 e. The van der Waals surface area contributed by atoms with Gasteiger partial charge < -0.3 is 5.32 Å². The molecule has 1 aliphatic rings.